The average molecular weight is 630 g/mol. The number of methoxy groups -OCH3 is 1. The number of rotatable bonds is 12. The third kappa shape index (κ3) is 9.82. The Kier molecular flexibility index (Phi) is 13.0. The highest BCUT2D eigenvalue weighted by molar-refractivity contribution is 5.94. The largest absolute Gasteiger partial charge is 0.493 e. The van der Waals surface area contributed by atoms with Crippen LogP contribution in [0.2, 0.25) is 0 Å². The second-order valence-corrected chi connectivity index (χ2v) is 11.1. The van der Waals surface area contributed by atoms with Crippen molar-refractivity contribution in [2.75, 3.05) is 20.5 Å². The Labute approximate surface area is 261 Å². The monoisotopic (exact) mass is 629 g/mol. The van der Waals surface area contributed by atoms with Gasteiger partial charge in [0.15, 0.2) is 37.1 Å². The number of amides is 1. The van der Waals surface area contributed by atoms with Crippen LogP contribution in [0.1, 0.15) is 50.7 Å². The van der Waals surface area contributed by atoms with Crippen LogP contribution in [0.3, 0.4) is 0 Å². The number of aliphatic hydroxyl groups is 1. The molecule has 0 bridgehead atoms. The van der Waals surface area contributed by atoms with E-state index >= 15 is 0 Å². The van der Waals surface area contributed by atoms with Gasteiger partial charge in [-0.15, -0.1) is 0 Å². The fourth-order valence-corrected chi connectivity index (χ4v) is 4.27. The van der Waals surface area contributed by atoms with E-state index in [1.165, 1.54) is 26.3 Å². The molecule has 2 unspecified atom stereocenters. The molecule has 3 rings (SSSR count). The molecular formula is C32H41N2O11+. The van der Waals surface area contributed by atoms with E-state index in [9.17, 15) is 24.3 Å². The second kappa shape index (κ2) is 16.6. The number of cyclic esters (lactones) is 2. The van der Waals surface area contributed by atoms with Crippen LogP contribution in [0.25, 0.3) is 0 Å². The zero-order valence-corrected chi connectivity index (χ0v) is 26.3. The number of hydrogen-bond donors (Lipinski definition) is 2. The number of hydrogen-bond acceptors (Lipinski definition) is 12. The molecule has 1 aliphatic rings. The van der Waals surface area contributed by atoms with Crippen molar-refractivity contribution in [3.05, 3.63) is 53.9 Å². The third-order valence-electron chi connectivity index (χ3n) is 6.93. The SMILES string of the molecule is COc1ccnc(C(=O)[NH+]=CC2COC(=O)[C@H](Cc3ccccc3)[C@@H](OC(=O)C(C)C)[C@H](C)OC2=O)c1OCOC(O)C(C)C. The summed E-state index contributed by atoms with van der Waals surface area (Å²) in [4.78, 5) is 58.9. The van der Waals surface area contributed by atoms with Crippen molar-refractivity contribution < 1.29 is 57.7 Å². The molecule has 1 aromatic heterocycles. The number of pyridine rings is 1. The molecule has 1 aromatic carbocycles. The lowest BCUT2D eigenvalue weighted by molar-refractivity contribution is -0.342. The van der Waals surface area contributed by atoms with E-state index < -0.39 is 73.5 Å². The van der Waals surface area contributed by atoms with E-state index in [0.29, 0.717) is 0 Å². The van der Waals surface area contributed by atoms with Crippen molar-refractivity contribution >= 4 is 30.0 Å². The smallest absolute Gasteiger partial charge is 0.440 e. The number of esters is 3. The molecule has 45 heavy (non-hydrogen) atoms. The lowest BCUT2D eigenvalue weighted by atomic mass is 9.91. The third-order valence-corrected chi connectivity index (χ3v) is 6.93. The molecule has 0 radical (unpaired) electrons. The lowest BCUT2D eigenvalue weighted by Gasteiger charge is -2.29. The van der Waals surface area contributed by atoms with Gasteiger partial charge in [0, 0.05) is 18.2 Å². The van der Waals surface area contributed by atoms with Crippen LogP contribution < -0.4 is 14.5 Å². The van der Waals surface area contributed by atoms with Gasteiger partial charge in [-0.3, -0.25) is 14.4 Å². The van der Waals surface area contributed by atoms with E-state index in [4.69, 9.17) is 28.4 Å². The van der Waals surface area contributed by atoms with Crippen molar-refractivity contribution in [3.63, 3.8) is 0 Å². The summed E-state index contributed by atoms with van der Waals surface area (Å²) >= 11 is 0. The highest BCUT2D eigenvalue weighted by Crippen LogP contribution is 2.29. The summed E-state index contributed by atoms with van der Waals surface area (Å²) < 4.78 is 33.0. The highest BCUT2D eigenvalue weighted by atomic mass is 16.7. The van der Waals surface area contributed by atoms with E-state index in [1.807, 2.05) is 30.3 Å². The van der Waals surface area contributed by atoms with Crippen LogP contribution in [-0.4, -0.2) is 79.1 Å². The fourth-order valence-electron chi connectivity index (χ4n) is 4.27. The highest BCUT2D eigenvalue weighted by Gasteiger charge is 2.42. The van der Waals surface area contributed by atoms with Crippen LogP contribution in [0, 0.1) is 23.7 Å². The molecule has 2 heterocycles. The van der Waals surface area contributed by atoms with Gasteiger partial charge >= 0.3 is 23.8 Å². The zero-order chi connectivity index (χ0) is 33.1. The van der Waals surface area contributed by atoms with Crippen molar-refractivity contribution in [3.8, 4) is 11.5 Å². The first-order chi connectivity index (χ1) is 21.4. The van der Waals surface area contributed by atoms with Crippen molar-refractivity contribution in [1.29, 1.82) is 0 Å². The molecule has 13 nitrogen and oxygen atoms in total. The van der Waals surface area contributed by atoms with Gasteiger partial charge in [0.25, 0.3) is 0 Å². The standard InChI is InChI=1S/C32H40N2O11/c1-18(2)29(36)43-17-42-27-24(40-6)12-13-33-25(27)28(35)34-15-22-16-41-32(39)23(14-21-10-8-7-9-11-21)26(20(5)44-31(22)38)45-30(37)19(3)4/h7-13,15,18-20,22-23,26,29,36H,14,16-17H2,1-6H3/p+1/t20-,22?,23+,26-,29?/m0/s1. The molecule has 0 aliphatic carbocycles. The number of nitrogens with zero attached hydrogens (tertiary/aromatic N) is 1. The Hall–Kier alpha value is -4.36. The first-order valence-electron chi connectivity index (χ1n) is 14.6. The van der Waals surface area contributed by atoms with Crippen LogP contribution in [0.5, 0.6) is 11.5 Å². The van der Waals surface area contributed by atoms with Crippen molar-refractivity contribution in [1.82, 2.24) is 4.98 Å². The summed E-state index contributed by atoms with van der Waals surface area (Å²) in [5.41, 5.74) is 0.602. The minimum Gasteiger partial charge on any atom is -0.493 e. The second-order valence-electron chi connectivity index (χ2n) is 11.1. The summed E-state index contributed by atoms with van der Waals surface area (Å²) in [6.45, 7) is 7.50. The number of aliphatic hydroxyl groups excluding tert-OH is 1. The summed E-state index contributed by atoms with van der Waals surface area (Å²) in [5, 5.41) is 9.90. The van der Waals surface area contributed by atoms with Crippen LogP contribution >= 0.6 is 0 Å². The number of ether oxygens (including phenoxy) is 6. The molecule has 2 N–H and O–H groups in total. The predicted octanol–water partition coefficient (Wildman–Crippen LogP) is 1.24. The normalized spacial score (nSPS) is 21.4. The first kappa shape index (κ1) is 35.1. The summed E-state index contributed by atoms with van der Waals surface area (Å²) in [6.07, 6.45) is -0.618. The lowest BCUT2D eigenvalue weighted by Crippen LogP contribution is -2.75. The van der Waals surface area contributed by atoms with Gasteiger partial charge in [0.2, 0.25) is 11.4 Å². The van der Waals surface area contributed by atoms with Crippen molar-refractivity contribution in [2.24, 2.45) is 23.7 Å². The zero-order valence-electron chi connectivity index (χ0n) is 26.3. The van der Waals surface area contributed by atoms with Gasteiger partial charge in [-0.05, 0) is 18.9 Å². The molecule has 5 atom stereocenters. The minimum atomic E-state index is -1.21. The van der Waals surface area contributed by atoms with Gasteiger partial charge in [-0.1, -0.05) is 58.0 Å². The molecule has 0 spiro atoms. The van der Waals surface area contributed by atoms with E-state index in [1.54, 1.807) is 27.7 Å². The average Bonchev–Trinajstić information content (AvgIpc) is 3.05. The molecule has 2 aromatic rings. The first-order valence-corrected chi connectivity index (χ1v) is 14.6. The van der Waals surface area contributed by atoms with Gasteiger partial charge in [-0.25, -0.2) is 9.78 Å². The molecule has 244 valence electrons. The van der Waals surface area contributed by atoms with E-state index in [-0.39, 0.29) is 29.5 Å². The summed E-state index contributed by atoms with van der Waals surface area (Å²) in [7, 11) is 1.37. The molecular weight excluding hydrogens is 588 g/mol. The maximum absolute atomic E-state index is 13.4. The number of carbonyl (C=O) groups is 4. The predicted molar refractivity (Wildman–Crippen MR) is 158 cm³/mol. The van der Waals surface area contributed by atoms with Gasteiger partial charge in [-0.2, -0.15) is 4.99 Å². The summed E-state index contributed by atoms with van der Waals surface area (Å²) in [6, 6.07) is 10.6. The van der Waals surface area contributed by atoms with Crippen LogP contribution in [-0.2, 0) is 39.8 Å². The van der Waals surface area contributed by atoms with Crippen LogP contribution in [0.4, 0.5) is 0 Å². The topological polar surface area (TPSA) is 171 Å². The number of carbonyl (C=O) groups excluding carboxylic acids is 4. The maximum atomic E-state index is 13.4. The Morgan fingerprint density at radius 2 is 1.82 bits per heavy atom. The van der Waals surface area contributed by atoms with E-state index in [0.717, 1.165) is 11.8 Å². The Morgan fingerprint density at radius 1 is 1.11 bits per heavy atom. The Bertz CT molecular complexity index is 1350. The molecule has 0 saturated carbocycles. The number of nitrogens with one attached hydrogen (secondary N) is 1. The number of benzene rings is 1. The maximum Gasteiger partial charge on any atom is 0.440 e. The summed E-state index contributed by atoms with van der Waals surface area (Å²) in [5.74, 6) is -5.58. The number of aromatic nitrogens is 1. The minimum absolute atomic E-state index is 0.0579. The Balaban J connectivity index is 1.84. The fraction of sp³-hybridized carbons (Fsp3) is 0.500. The van der Waals surface area contributed by atoms with Gasteiger partial charge in [0.05, 0.1) is 13.0 Å². The molecule has 1 amide bonds. The quantitative estimate of drug-likeness (QED) is 0.149. The van der Waals surface area contributed by atoms with Gasteiger partial charge < -0.3 is 33.5 Å². The molecule has 13 heteroatoms. The van der Waals surface area contributed by atoms with Gasteiger partial charge in [0.1, 0.15) is 18.6 Å². The van der Waals surface area contributed by atoms with Crippen LogP contribution in [0.15, 0.2) is 42.6 Å². The molecule has 1 fully saturated rings. The Morgan fingerprint density at radius 3 is 2.47 bits per heavy atom. The van der Waals surface area contributed by atoms with E-state index in [2.05, 4.69) is 9.98 Å². The molecule has 1 aliphatic heterocycles. The molecule has 1 saturated heterocycles. The van der Waals surface area contributed by atoms with Crippen molar-refractivity contribution in [2.45, 2.75) is 59.5 Å².